The van der Waals surface area contributed by atoms with E-state index in [0.717, 1.165) is 30.5 Å². The second kappa shape index (κ2) is 4.60. The van der Waals surface area contributed by atoms with Gasteiger partial charge in [-0.05, 0) is 37.5 Å². The number of terminal acetylenes is 1. The van der Waals surface area contributed by atoms with Crippen molar-refractivity contribution in [2.75, 3.05) is 5.32 Å². The first kappa shape index (κ1) is 11.7. The molecule has 0 atom stereocenters. The van der Waals surface area contributed by atoms with Gasteiger partial charge >= 0.3 is 0 Å². The highest BCUT2D eigenvalue weighted by molar-refractivity contribution is 5.91. The quantitative estimate of drug-likeness (QED) is 0.776. The highest BCUT2D eigenvalue weighted by atomic mass is 16.1. The van der Waals surface area contributed by atoms with Crippen LogP contribution in [0, 0.1) is 12.3 Å². The van der Waals surface area contributed by atoms with Gasteiger partial charge in [-0.15, -0.1) is 6.42 Å². The molecule has 1 fully saturated rings. The van der Waals surface area contributed by atoms with E-state index >= 15 is 0 Å². The molecule has 3 N–H and O–H groups in total. The Balaban J connectivity index is 1.96. The van der Waals surface area contributed by atoms with Crippen molar-refractivity contribution in [2.45, 2.75) is 31.2 Å². The first-order chi connectivity index (χ1) is 8.11. The lowest BCUT2D eigenvalue weighted by molar-refractivity contribution is -0.118. The lowest BCUT2D eigenvalue weighted by Crippen LogP contribution is -2.48. The van der Waals surface area contributed by atoms with E-state index in [-0.39, 0.29) is 11.4 Å². The molecule has 1 aliphatic carbocycles. The van der Waals surface area contributed by atoms with Gasteiger partial charge in [-0.3, -0.25) is 4.79 Å². The van der Waals surface area contributed by atoms with Crippen LogP contribution in [-0.4, -0.2) is 11.4 Å². The average molecular weight is 228 g/mol. The molecular weight excluding hydrogens is 212 g/mol. The van der Waals surface area contributed by atoms with Crippen LogP contribution in [-0.2, 0) is 4.79 Å². The van der Waals surface area contributed by atoms with Crippen LogP contribution < -0.4 is 11.1 Å². The molecule has 3 heteroatoms. The number of hydrogen-bond donors (Lipinski definition) is 2. The molecule has 0 saturated heterocycles. The second-order valence-corrected chi connectivity index (χ2v) is 4.67. The smallest absolute Gasteiger partial charge is 0.226 e. The number of hydrogen-bond acceptors (Lipinski definition) is 2. The minimum Gasteiger partial charge on any atom is -0.326 e. The van der Waals surface area contributed by atoms with Gasteiger partial charge in [0.1, 0.15) is 0 Å². The van der Waals surface area contributed by atoms with Gasteiger partial charge in [-0.25, -0.2) is 0 Å². The predicted molar refractivity (Wildman–Crippen MR) is 68.4 cm³/mol. The highest BCUT2D eigenvalue weighted by Crippen LogP contribution is 2.32. The van der Waals surface area contributed by atoms with Gasteiger partial charge in [0.2, 0.25) is 5.91 Å². The molecule has 0 aliphatic heterocycles. The molecule has 0 aromatic heterocycles. The van der Waals surface area contributed by atoms with Crippen LogP contribution >= 0.6 is 0 Å². The van der Waals surface area contributed by atoms with E-state index in [0.29, 0.717) is 6.42 Å². The number of nitrogens with one attached hydrogen (secondary N) is 1. The van der Waals surface area contributed by atoms with Gasteiger partial charge in [-0.1, -0.05) is 12.0 Å². The molecule has 0 bridgehead atoms. The Bertz CT molecular complexity index is 469. The highest BCUT2D eigenvalue weighted by Gasteiger charge is 2.34. The van der Waals surface area contributed by atoms with Crippen molar-refractivity contribution in [3.05, 3.63) is 29.8 Å². The lowest BCUT2D eigenvalue weighted by atomic mass is 9.75. The molecule has 1 aromatic rings. The van der Waals surface area contributed by atoms with Crippen molar-refractivity contribution >= 4 is 11.6 Å². The van der Waals surface area contributed by atoms with Crippen LogP contribution in [0.1, 0.15) is 31.2 Å². The summed E-state index contributed by atoms with van der Waals surface area (Å²) >= 11 is 0. The van der Waals surface area contributed by atoms with Crippen LogP contribution in [0.25, 0.3) is 0 Å². The fourth-order valence-corrected chi connectivity index (χ4v) is 2.02. The summed E-state index contributed by atoms with van der Waals surface area (Å²) in [5, 5.41) is 2.83. The molecule has 17 heavy (non-hydrogen) atoms. The standard InChI is InChI=1S/C14H16N2O/c1-2-11-5-3-6-12(9-11)16-13(17)10-14(15)7-4-8-14/h1,3,5-6,9H,4,7-8,10,15H2,(H,16,17). The maximum absolute atomic E-state index is 11.8. The fourth-order valence-electron chi connectivity index (χ4n) is 2.02. The lowest BCUT2D eigenvalue weighted by Gasteiger charge is -2.37. The van der Waals surface area contributed by atoms with Crippen molar-refractivity contribution in [3.63, 3.8) is 0 Å². The summed E-state index contributed by atoms with van der Waals surface area (Å²) in [6.45, 7) is 0. The minimum atomic E-state index is -0.284. The Morgan fingerprint density at radius 1 is 1.53 bits per heavy atom. The number of benzene rings is 1. The topological polar surface area (TPSA) is 55.1 Å². The molecule has 3 nitrogen and oxygen atoms in total. The Morgan fingerprint density at radius 3 is 2.88 bits per heavy atom. The zero-order valence-corrected chi connectivity index (χ0v) is 9.70. The van der Waals surface area contributed by atoms with Crippen molar-refractivity contribution in [3.8, 4) is 12.3 Å². The molecule has 2 rings (SSSR count). The van der Waals surface area contributed by atoms with Crippen LogP contribution in [0.4, 0.5) is 5.69 Å². The van der Waals surface area contributed by atoms with E-state index in [1.165, 1.54) is 0 Å². The molecule has 0 spiro atoms. The van der Waals surface area contributed by atoms with E-state index in [4.69, 9.17) is 12.2 Å². The average Bonchev–Trinajstić information content (AvgIpc) is 2.27. The van der Waals surface area contributed by atoms with Crippen LogP contribution in [0.5, 0.6) is 0 Å². The van der Waals surface area contributed by atoms with Gasteiger partial charge in [0.05, 0.1) is 0 Å². The number of carbonyl (C=O) groups excluding carboxylic acids is 1. The number of nitrogens with two attached hydrogens (primary N) is 1. The zero-order chi connectivity index (χ0) is 12.3. The number of anilines is 1. The van der Waals surface area contributed by atoms with E-state index in [2.05, 4.69) is 11.2 Å². The molecule has 0 radical (unpaired) electrons. The van der Waals surface area contributed by atoms with Gasteiger partial charge in [0.25, 0.3) is 0 Å². The fraction of sp³-hybridized carbons (Fsp3) is 0.357. The summed E-state index contributed by atoms with van der Waals surface area (Å²) in [5.41, 5.74) is 7.22. The monoisotopic (exact) mass is 228 g/mol. The van der Waals surface area contributed by atoms with Crippen LogP contribution in [0.2, 0.25) is 0 Å². The summed E-state index contributed by atoms with van der Waals surface area (Å²) in [4.78, 5) is 11.8. The predicted octanol–water partition coefficient (Wildman–Crippen LogP) is 1.88. The van der Waals surface area contributed by atoms with E-state index in [1.54, 1.807) is 6.07 Å². The summed E-state index contributed by atoms with van der Waals surface area (Å²) in [6, 6.07) is 7.25. The second-order valence-electron chi connectivity index (χ2n) is 4.67. The maximum Gasteiger partial charge on any atom is 0.226 e. The molecule has 1 aliphatic rings. The minimum absolute atomic E-state index is 0.0404. The van der Waals surface area contributed by atoms with Crippen LogP contribution in [0.3, 0.4) is 0 Å². The summed E-state index contributed by atoms with van der Waals surface area (Å²) < 4.78 is 0. The molecular formula is C14H16N2O. The van der Waals surface area contributed by atoms with Crippen molar-refractivity contribution in [2.24, 2.45) is 5.73 Å². The van der Waals surface area contributed by atoms with Gasteiger partial charge in [-0.2, -0.15) is 0 Å². The number of carbonyl (C=O) groups is 1. The Hall–Kier alpha value is -1.79. The Morgan fingerprint density at radius 2 is 2.29 bits per heavy atom. The summed E-state index contributed by atoms with van der Waals surface area (Å²) in [6.07, 6.45) is 8.67. The first-order valence-corrected chi connectivity index (χ1v) is 5.77. The number of rotatable bonds is 3. The van der Waals surface area contributed by atoms with E-state index < -0.39 is 0 Å². The van der Waals surface area contributed by atoms with Gasteiger partial charge in [0, 0.05) is 23.2 Å². The molecule has 1 saturated carbocycles. The first-order valence-electron chi connectivity index (χ1n) is 5.77. The normalized spacial score (nSPS) is 16.7. The van der Waals surface area contributed by atoms with E-state index in [1.807, 2.05) is 18.2 Å². The molecule has 0 unspecified atom stereocenters. The van der Waals surface area contributed by atoms with Gasteiger partial charge < -0.3 is 11.1 Å². The van der Waals surface area contributed by atoms with E-state index in [9.17, 15) is 4.79 Å². The third-order valence-corrected chi connectivity index (χ3v) is 3.17. The Kier molecular flexibility index (Phi) is 3.16. The SMILES string of the molecule is C#Cc1cccc(NC(=O)CC2(N)CCC2)c1. The third-order valence-electron chi connectivity index (χ3n) is 3.17. The zero-order valence-electron chi connectivity index (χ0n) is 9.70. The summed E-state index contributed by atoms with van der Waals surface area (Å²) in [7, 11) is 0. The molecule has 1 aromatic carbocycles. The van der Waals surface area contributed by atoms with Crippen molar-refractivity contribution in [1.82, 2.24) is 0 Å². The molecule has 0 heterocycles. The van der Waals surface area contributed by atoms with Crippen molar-refractivity contribution < 1.29 is 4.79 Å². The van der Waals surface area contributed by atoms with Crippen LogP contribution in [0.15, 0.2) is 24.3 Å². The van der Waals surface area contributed by atoms with Gasteiger partial charge in [0.15, 0.2) is 0 Å². The largest absolute Gasteiger partial charge is 0.326 e. The number of amides is 1. The summed E-state index contributed by atoms with van der Waals surface area (Å²) in [5.74, 6) is 2.49. The van der Waals surface area contributed by atoms with Crippen molar-refractivity contribution in [1.29, 1.82) is 0 Å². The molecule has 1 amide bonds. The molecule has 88 valence electrons. The third kappa shape index (κ3) is 2.86. The Labute approximate surface area is 101 Å². The maximum atomic E-state index is 11.8.